The number of hydrogen-bond donors (Lipinski definition) is 0. The molecule has 0 aliphatic heterocycles. The van der Waals surface area contributed by atoms with Crippen molar-refractivity contribution in [1.29, 1.82) is 0 Å². The number of carbonyl (C=O) groups excluding carboxylic acids is 1. The summed E-state index contributed by atoms with van der Waals surface area (Å²) in [6.45, 7) is 0. The largest absolute Gasteiger partial charge is 0.289 e. The highest BCUT2D eigenvalue weighted by molar-refractivity contribution is 9.10. The smallest absolute Gasteiger partial charge is 0.194 e. The molecule has 0 fully saturated rings. The first kappa shape index (κ1) is 34.3. The van der Waals surface area contributed by atoms with Gasteiger partial charge in [0, 0.05) is 25.6 Å². The van der Waals surface area contributed by atoms with Gasteiger partial charge < -0.3 is 0 Å². The zero-order chi connectivity index (χ0) is 36.8. The Kier molecular flexibility index (Phi) is 8.91. The van der Waals surface area contributed by atoms with Crippen molar-refractivity contribution in [2.45, 2.75) is 5.41 Å². The van der Waals surface area contributed by atoms with Crippen molar-refractivity contribution in [2.75, 3.05) is 0 Å². The first-order chi connectivity index (χ1) is 26.5. The zero-order valence-corrected chi connectivity index (χ0v) is 32.0. The Morgan fingerprint density at radius 2 is 0.759 bits per heavy atom. The van der Waals surface area contributed by atoms with E-state index in [-0.39, 0.29) is 11.2 Å². The van der Waals surface area contributed by atoms with E-state index in [0.717, 1.165) is 47.9 Å². The summed E-state index contributed by atoms with van der Waals surface area (Å²) in [6.07, 6.45) is 0. The first-order valence-corrected chi connectivity index (χ1v) is 19.3. The lowest BCUT2D eigenvalue weighted by Gasteiger charge is -2.30. The van der Waals surface area contributed by atoms with Crippen LogP contribution >= 0.6 is 39.1 Å². The lowest BCUT2D eigenvalue weighted by atomic mass is 9.70. The summed E-state index contributed by atoms with van der Waals surface area (Å²) in [5.74, 6) is 0.149. The van der Waals surface area contributed by atoms with Crippen molar-refractivity contribution in [3.05, 3.63) is 236 Å². The van der Waals surface area contributed by atoms with Crippen LogP contribution in [0.3, 0.4) is 0 Å². The van der Waals surface area contributed by atoms with Gasteiger partial charge in [0.05, 0.1) is 5.41 Å². The van der Waals surface area contributed by atoms with Crippen molar-refractivity contribution >= 4 is 44.9 Å². The molecule has 1 spiro atoms. The van der Waals surface area contributed by atoms with Crippen LogP contribution in [0.1, 0.15) is 38.2 Å². The van der Waals surface area contributed by atoms with Crippen molar-refractivity contribution in [3.8, 4) is 44.5 Å². The third kappa shape index (κ3) is 5.56. The highest BCUT2D eigenvalue weighted by Gasteiger charge is 2.51. The molecule has 0 unspecified atom stereocenters. The number of hydrogen-bond acceptors (Lipinski definition) is 1. The molecule has 3 aliphatic carbocycles. The molecule has 8 aromatic carbocycles. The fraction of sp³-hybridized carbons (Fsp3) is 0.0200. The molecule has 4 heteroatoms. The van der Waals surface area contributed by atoms with Gasteiger partial charge in [-0.2, -0.15) is 0 Å². The van der Waals surface area contributed by atoms with Gasteiger partial charge in [-0.15, -0.1) is 0 Å². The SMILES string of the molecule is Clc1ccc2c(c1)-c1ccccc1C21c2ccccc2-c2ccccc21.Clc1cccc(-c2ccccc2Br)c1.O=C1c2ccccc2-c2ccccc21. The second-order valence-corrected chi connectivity index (χ2v) is 15.2. The zero-order valence-electron chi connectivity index (χ0n) is 28.9. The Bertz CT molecular complexity index is 2660. The van der Waals surface area contributed by atoms with Crippen LogP contribution < -0.4 is 0 Å². The summed E-state index contributed by atoms with van der Waals surface area (Å²) >= 11 is 15.8. The third-order valence-corrected chi connectivity index (χ3v) is 11.8. The van der Waals surface area contributed by atoms with Crippen LogP contribution in [0.15, 0.2) is 193 Å². The summed E-state index contributed by atoms with van der Waals surface area (Å²) in [6, 6.07) is 64.3. The molecule has 54 heavy (non-hydrogen) atoms. The van der Waals surface area contributed by atoms with E-state index < -0.39 is 0 Å². The monoisotopic (exact) mass is 796 g/mol. The minimum absolute atomic E-state index is 0.149. The molecule has 11 rings (SSSR count). The highest BCUT2D eigenvalue weighted by Crippen LogP contribution is 2.62. The Labute approximate surface area is 333 Å². The van der Waals surface area contributed by atoms with E-state index in [1.807, 2.05) is 97.1 Å². The molecule has 0 aromatic heterocycles. The van der Waals surface area contributed by atoms with Crippen LogP contribution in [0.25, 0.3) is 44.5 Å². The highest BCUT2D eigenvalue weighted by atomic mass is 79.9. The Balaban J connectivity index is 0.000000117. The molecule has 0 heterocycles. The lowest BCUT2D eigenvalue weighted by molar-refractivity contribution is 0.104. The molecule has 258 valence electrons. The summed E-state index contributed by atoms with van der Waals surface area (Å²) in [4.78, 5) is 11.9. The lowest BCUT2D eigenvalue weighted by Crippen LogP contribution is -2.25. The van der Waals surface area contributed by atoms with Crippen LogP contribution in [0.4, 0.5) is 0 Å². The quantitative estimate of drug-likeness (QED) is 0.162. The number of carbonyl (C=O) groups is 1. The topological polar surface area (TPSA) is 17.1 Å². The fourth-order valence-electron chi connectivity index (χ4n) is 8.40. The predicted molar refractivity (Wildman–Crippen MR) is 228 cm³/mol. The standard InChI is InChI=1S/C25H15Cl.C13H8O.C12H8BrCl/c26-16-13-14-24-20(15-16)19-9-3-6-12-23(19)25(24)21-10-4-1-7-17(21)18-8-2-5-11-22(18)25;14-13-11-7-3-1-5-9(11)10-6-2-4-8-12(10)13;13-12-7-2-1-6-11(12)9-4-3-5-10(14)8-9/h1-15H;2*1-8H. The van der Waals surface area contributed by atoms with Crippen LogP contribution in [0.2, 0.25) is 10.0 Å². The molecule has 0 atom stereocenters. The van der Waals surface area contributed by atoms with Crippen molar-refractivity contribution in [2.24, 2.45) is 0 Å². The minimum Gasteiger partial charge on any atom is -0.289 e. The maximum Gasteiger partial charge on any atom is 0.194 e. The second kappa shape index (κ2) is 14.0. The summed E-state index contributed by atoms with van der Waals surface area (Å²) in [7, 11) is 0. The van der Waals surface area contributed by atoms with E-state index in [1.165, 1.54) is 44.5 Å². The van der Waals surface area contributed by atoms with Gasteiger partial charge in [-0.1, -0.05) is 197 Å². The molecule has 0 N–H and O–H groups in total. The molecule has 0 saturated heterocycles. The van der Waals surface area contributed by atoms with Crippen LogP contribution in [0, 0.1) is 0 Å². The van der Waals surface area contributed by atoms with Gasteiger partial charge in [0.15, 0.2) is 5.78 Å². The molecule has 0 radical (unpaired) electrons. The van der Waals surface area contributed by atoms with E-state index in [9.17, 15) is 4.79 Å². The van der Waals surface area contributed by atoms with E-state index in [1.54, 1.807) is 0 Å². The normalized spacial score (nSPS) is 12.9. The molecular weight excluding hydrogens is 767 g/mol. The van der Waals surface area contributed by atoms with Gasteiger partial charge >= 0.3 is 0 Å². The van der Waals surface area contributed by atoms with Crippen molar-refractivity contribution in [3.63, 3.8) is 0 Å². The van der Waals surface area contributed by atoms with E-state index in [0.29, 0.717) is 0 Å². The van der Waals surface area contributed by atoms with Crippen LogP contribution in [-0.2, 0) is 5.41 Å². The van der Waals surface area contributed by atoms with Crippen LogP contribution in [0.5, 0.6) is 0 Å². The molecule has 8 aromatic rings. The maximum atomic E-state index is 11.9. The van der Waals surface area contributed by atoms with Gasteiger partial charge in [-0.25, -0.2) is 0 Å². The van der Waals surface area contributed by atoms with Gasteiger partial charge in [0.1, 0.15) is 0 Å². The summed E-state index contributed by atoms with van der Waals surface area (Å²) in [5, 5.41) is 1.55. The average Bonchev–Trinajstić information content (AvgIpc) is 3.80. The van der Waals surface area contributed by atoms with Crippen molar-refractivity contribution < 1.29 is 4.79 Å². The Morgan fingerprint density at radius 3 is 1.28 bits per heavy atom. The third-order valence-electron chi connectivity index (χ3n) is 10.6. The Morgan fingerprint density at radius 1 is 0.352 bits per heavy atom. The maximum absolute atomic E-state index is 11.9. The molecule has 1 nitrogen and oxygen atoms in total. The first-order valence-electron chi connectivity index (χ1n) is 17.8. The fourth-order valence-corrected chi connectivity index (χ4v) is 9.28. The number of fused-ring (bicyclic) bond motifs is 13. The Hall–Kier alpha value is -5.51. The van der Waals surface area contributed by atoms with Gasteiger partial charge in [-0.05, 0) is 97.1 Å². The molecule has 0 bridgehead atoms. The van der Waals surface area contributed by atoms with Gasteiger partial charge in [-0.3, -0.25) is 4.79 Å². The molecule has 0 saturated carbocycles. The van der Waals surface area contributed by atoms with E-state index >= 15 is 0 Å². The van der Waals surface area contributed by atoms with Gasteiger partial charge in [0.25, 0.3) is 0 Å². The molecule has 3 aliphatic rings. The summed E-state index contributed by atoms with van der Waals surface area (Å²) in [5.41, 5.74) is 16.5. The van der Waals surface area contributed by atoms with E-state index in [2.05, 4.69) is 107 Å². The van der Waals surface area contributed by atoms with Crippen LogP contribution in [-0.4, -0.2) is 5.78 Å². The average molecular weight is 799 g/mol. The number of halogens is 3. The number of ketones is 1. The minimum atomic E-state index is -0.246. The van der Waals surface area contributed by atoms with Crippen molar-refractivity contribution in [1.82, 2.24) is 0 Å². The number of benzene rings is 8. The predicted octanol–water partition coefficient (Wildman–Crippen LogP) is 14.4. The molecule has 0 amide bonds. The summed E-state index contributed by atoms with van der Waals surface area (Å²) < 4.78 is 1.09. The second-order valence-electron chi connectivity index (χ2n) is 13.5. The van der Waals surface area contributed by atoms with Gasteiger partial charge in [0.2, 0.25) is 0 Å². The van der Waals surface area contributed by atoms with E-state index in [4.69, 9.17) is 23.2 Å². The molecular formula is C50H31BrCl2O. The number of rotatable bonds is 1.